The zero-order chi connectivity index (χ0) is 46.4. The lowest BCUT2D eigenvalue weighted by Gasteiger charge is -2.28. The summed E-state index contributed by atoms with van der Waals surface area (Å²) in [6, 6.07) is 94.8. The number of nitrogens with zero attached hydrogens (tertiary/aromatic N) is 2. The van der Waals surface area contributed by atoms with E-state index in [0.29, 0.717) is 0 Å². The van der Waals surface area contributed by atoms with Gasteiger partial charge in [-0.1, -0.05) is 170 Å². The third-order valence-corrected chi connectivity index (χ3v) is 13.5. The van der Waals surface area contributed by atoms with Crippen LogP contribution in [0.1, 0.15) is 0 Å². The van der Waals surface area contributed by atoms with Crippen LogP contribution in [0.3, 0.4) is 0 Å². The molecular weight excluding hydrogens is 853 g/mol. The van der Waals surface area contributed by atoms with E-state index in [4.69, 9.17) is 8.83 Å². The van der Waals surface area contributed by atoms with E-state index in [0.717, 1.165) is 106 Å². The van der Waals surface area contributed by atoms with Gasteiger partial charge in [-0.3, -0.25) is 0 Å². The maximum atomic E-state index is 6.49. The van der Waals surface area contributed by atoms with Gasteiger partial charge in [0, 0.05) is 67.7 Å². The molecule has 0 aliphatic heterocycles. The molecule has 0 aliphatic carbocycles. The Labute approximate surface area is 406 Å². The number of rotatable bonds is 10. The molecule has 330 valence electrons. The number of anilines is 6. The van der Waals surface area contributed by atoms with Crippen LogP contribution < -0.4 is 9.80 Å². The molecule has 0 spiro atoms. The highest BCUT2D eigenvalue weighted by Gasteiger charge is 2.21. The molecule has 2 heterocycles. The van der Waals surface area contributed by atoms with Gasteiger partial charge in [-0.15, -0.1) is 0 Å². The van der Waals surface area contributed by atoms with Crippen molar-refractivity contribution in [2.45, 2.75) is 0 Å². The van der Waals surface area contributed by atoms with Gasteiger partial charge in [-0.25, -0.2) is 0 Å². The minimum Gasteiger partial charge on any atom is -0.456 e. The first kappa shape index (κ1) is 40.9. The summed E-state index contributed by atoms with van der Waals surface area (Å²) in [6.45, 7) is 0. The van der Waals surface area contributed by atoms with Gasteiger partial charge >= 0.3 is 0 Å². The van der Waals surface area contributed by atoms with E-state index in [9.17, 15) is 0 Å². The molecule has 0 saturated heterocycles. The fraction of sp³-hybridized carbons (Fsp3) is 0. The van der Waals surface area contributed by atoms with Gasteiger partial charge < -0.3 is 18.6 Å². The molecule has 4 heteroatoms. The first-order valence-corrected chi connectivity index (χ1v) is 23.7. The van der Waals surface area contributed by atoms with Gasteiger partial charge in [0.1, 0.15) is 22.3 Å². The lowest BCUT2D eigenvalue weighted by molar-refractivity contribution is 0.668. The SMILES string of the molecule is c1ccc(-c2ccc(N(c3ccc(-c4ccc(N(c5ccc(-c6ccccc6)cc5)c5ccc6c(c5)oc5ccccc56)c(-c5ccccc5)c4)cc3)c3ccc4c(c3)oc3ccccc34)cc2)cc1. The standard InChI is InChI=1S/C66H44N2O2/c1-4-14-45(15-5-1)47-24-31-52(32-25-47)67(55-37-39-59-57-20-10-12-22-63(57)69-65(59)43-55)53-33-28-49(29-34-53)51-30-41-62(61(42-51)50-18-8-3-9-19-50)68(54-35-26-48(27-36-54)46-16-6-2-7-17-46)56-38-40-60-58-21-11-13-23-64(58)70-66(60)44-56/h1-44H. The highest BCUT2D eigenvalue weighted by Crippen LogP contribution is 2.46. The van der Waals surface area contributed by atoms with E-state index in [2.05, 4.69) is 252 Å². The number of hydrogen-bond acceptors (Lipinski definition) is 4. The van der Waals surface area contributed by atoms with Gasteiger partial charge in [0.15, 0.2) is 0 Å². The lowest BCUT2D eigenvalue weighted by atomic mass is 9.95. The van der Waals surface area contributed by atoms with Crippen molar-refractivity contribution >= 4 is 78.0 Å². The Hall–Kier alpha value is -9.38. The molecule has 70 heavy (non-hydrogen) atoms. The monoisotopic (exact) mass is 896 g/mol. The molecule has 2 aromatic heterocycles. The average Bonchev–Trinajstić information content (AvgIpc) is 4.00. The fourth-order valence-electron chi connectivity index (χ4n) is 10.0. The summed E-state index contributed by atoms with van der Waals surface area (Å²) >= 11 is 0. The van der Waals surface area contributed by atoms with Gasteiger partial charge in [0.05, 0.1) is 5.69 Å². The number of para-hydroxylation sites is 2. The Bertz CT molecular complexity index is 3970. The van der Waals surface area contributed by atoms with Crippen molar-refractivity contribution in [3.63, 3.8) is 0 Å². The van der Waals surface area contributed by atoms with Crippen LogP contribution in [0.25, 0.3) is 88.4 Å². The van der Waals surface area contributed by atoms with Crippen LogP contribution in [-0.4, -0.2) is 0 Å². The summed E-state index contributed by atoms with van der Waals surface area (Å²) in [5.41, 5.74) is 18.8. The van der Waals surface area contributed by atoms with E-state index in [1.54, 1.807) is 0 Å². The topological polar surface area (TPSA) is 32.8 Å². The predicted octanol–water partition coefficient (Wildman–Crippen LogP) is 19.1. The number of hydrogen-bond donors (Lipinski definition) is 0. The molecule has 0 radical (unpaired) electrons. The van der Waals surface area contributed by atoms with Crippen LogP contribution in [0.4, 0.5) is 34.1 Å². The Morgan fingerprint density at radius 3 is 1.04 bits per heavy atom. The molecule has 0 fully saturated rings. The molecule has 13 rings (SSSR count). The molecule has 0 atom stereocenters. The molecule has 4 nitrogen and oxygen atoms in total. The Morgan fingerprint density at radius 1 is 0.214 bits per heavy atom. The van der Waals surface area contributed by atoms with E-state index in [1.165, 1.54) is 16.7 Å². The quantitative estimate of drug-likeness (QED) is 0.137. The second-order valence-electron chi connectivity index (χ2n) is 17.7. The Balaban J connectivity index is 0.918. The van der Waals surface area contributed by atoms with Crippen LogP contribution >= 0.6 is 0 Å². The van der Waals surface area contributed by atoms with Crippen molar-refractivity contribution in [1.82, 2.24) is 0 Å². The maximum Gasteiger partial charge on any atom is 0.137 e. The van der Waals surface area contributed by atoms with Crippen molar-refractivity contribution in [2.24, 2.45) is 0 Å². The van der Waals surface area contributed by atoms with Gasteiger partial charge in [0.25, 0.3) is 0 Å². The van der Waals surface area contributed by atoms with E-state index < -0.39 is 0 Å². The second-order valence-corrected chi connectivity index (χ2v) is 17.7. The van der Waals surface area contributed by atoms with E-state index >= 15 is 0 Å². The smallest absolute Gasteiger partial charge is 0.137 e. The summed E-state index contributed by atoms with van der Waals surface area (Å²) in [7, 11) is 0. The number of benzene rings is 11. The summed E-state index contributed by atoms with van der Waals surface area (Å²) in [5, 5.41) is 4.42. The van der Waals surface area contributed by atoms with E-state index in [-0.39, 0.29) is 0 Å². The molecule has 0 saturated carbocycles. The van der Waals surface area contributed by atoms with Crippen molar-refractivity contribution < 1.29 is 8.83 Å². The first-order valence-electron chi connectivity index (χ1n) is 23.7. The van der Waals surface area contributed by atoms with Crippen LogP contribution in [0, 0.1) is 0 Å². The third-order valence-electron chi connectivity index (χ3n) is 13.5. The van der Waals surface area contributed by atoms with Crippen molar-refractivity contribution in [2.75, 3.05) is 9.80 Å². The van der Waals surface area contributed by atoms with Gasteiger partial charge in [0.2, 0.25) is 0 Å². The maximum absolute atomic E-state index is 6.49. The molecule has 13 aromatic rings. The molecule has 0 N–H and O–H groups in total. The number of furan rings is 2. The Morgan fingerprint density at radius 2 is 0.557 bits per heavy atom. The normalized spacial score (nSPS) is 11.4. The zero-order valence-corrected chi connectivity index (χ0v) is 38.1. The molecular formula is C66H44N2O2. The molecule has 0 amide bonds. The van der Waals surface area contributed by atoms with Crippen molar-refractivity contribution in [1.29, 1.82) is 0 Å². The predicted molar refractivity (Wildman–Crippen MR) is 292 cm³/mol. The van der Waals surface area contributed by atoms with Crippen LogP contribution in [0.2, 0.25) is 0 Å². The highest BCUT2D eigenvalue weighted by molar-refractivity contribution is 6.07. The minimum atomic E-state index is 0.848. The fourth-order valence-corrected chi connectivity index (χ4v) is 10.0. The average molecular weight is 897 g/mol. The summed E-state index contributed by atoms with van der Waals surface area (Å²) in [4.78, 5) is 4.67. The molecule has 0 unspecified atom stereocenters. The summed E-state index contributed by atoms with van der Waals surface area (Å²) in [5.74, 6) is 0. The minimum absolute atomic E-state index is 0.848. The van der Waals surface area contributed by atoms with Gasteiger partial charge in [-0.2, -0.15) is 0 Å². The van der Waals surface area contributed by atoms with Crippen LogP contribution in [-0.2, 0) is 0 Å². The number of fused-ring (bicyclic) bond motifs is 6. The first-order chi connectivity index (χ1) is 34.7. The molecule has 0 bridgehead atoms. The lowest BCUT2D eigenvalue weighted by Crippen LogP contribution is -2.11. The molecule has 11 aromatic carbocycles. The third kappa shape index (κ3) is 7.45. The van der Waals surface area contributed by atoms with E-state index in [1.807, 2.05) is 24.3 Å². The second kappa shape index (κ2) is 17.4. The highest BCUT2D eigenvalue weighted by atomic mass is 16.3. The zero-order valence-electron chi connectivity index (χ0n) is 38.1. The van der Waals surface area contributed by atoms with Crippen LogP contribution in [0.5, 0.6) is 0 Å². The molecule has 0 aliphatic rings. The van der Waals surface area contributed by atoms with Crippen molar-refractivity contribution in [3.8, 4) is 44.5 Å². The largest absolute Gasteiger partial charge is 0.456 e. The summed E-state index contributed by atoms with van der Waals surface area (Å²) < 4.78 is 12.9. The van der Waals surface area contributed by atoms with Gasteiger partial charge in [-0.05, 0) is 124 Å². The van der Waals surface area contributed by atoms with Crippen LogP contribution in [0.15, 0.2) is 276 Å². The summed E-state index contributed by atoms with van der Waals surface area (Å²) in [6.07, 6.45) is 0. The Kier molecular flexibility index (Phi) is 10.1. The van der Waals surface area contributed by atoms with Crippen molar-refractivity contribution in [3.05, 3.63) is 267 Å².